The van der Waals surface area contributed by atoms with Crippen LogP contribution in [0.1, 0.15) is 11.1 Å². The highest BCUT2D eigenvalue weighted by Crippen LogP contribution is 2.31. The number of hydrogen-bond acceptors (Lipinski definition) is 4. The molecule has 0 saturated carbocycles. The average Bonchev–Trinajstić information content (AvgIpc) is 2.96. The Morgan fingerprint density at radius 1 is 1.17 bits per heavy atom. The van der Waals surface area contributed by atoms with Gasteiger partial charge in [-0.05, 0) is 48.2 Å². The van der Waals surface area contributed by atoms with Crippen LogP contribution in [0.4, 0.5) is 5.69 Å². The Balaban J connectivity index is 1.81. The number of fused-ring (bicyclic) bond motifs is 1. The second-order valence-electron chi connectivity index (χ2n) is 5.92. The molecule has 0 atom stereocenters. The summed E-state index contributed by atoms with van der Waals surface area (Å²) in [5, 5.41) is 0. The van der Waals surface area contributed by atoms with E-state index in [-0.39, 0.29) is 0 Å². The number of pyridine rings is 1. The van der Waals surface area contributed by atoms with Crippen LogP contribution in [0.25, 0.3) is 0 Å². The molecule has 0 N–H and O–H groups in total. The number of aromatic nitrogens is 1. The van der Waals surface area contributed by atoms with Crippen molar-refractivity contribution in [1.29, 1.82) is 0 Å². The minimum Gasteiger partial charge on any atom is -0.371 e. The SMILES string of the molecule is CN(C)S(=O)(=O)c1ccc2c(c1)N(CCc1ccncc1)CC2. The lowest BCUT2D eigenvalue weighted by Crippen LogP contribution is -2.24. The minimum absolute atomic E-state index is 0.358. The molecule has 1 aromatic carbocycles. The van der Waals surface area contributed by atoms with Crippen molar-refractivity contribution in [3.63, 3.8) is 0 Å². The Kier molecular flexibility index (Phi) is 4.37. The van der Waals surface area contributed by atoms with E-state index in [1.54, 1.807) is 32.6 Å². The van der Waals surface area contributed by atoms with Crippen LogP contribution in [-0.2, 0) is 22.9 Å². The summed E-state index contributed by atoms with van der Waals surface area (Å²) in [6.07, 6.45) is 5.49. The third kappa shape index (κ3) is 3.23. The zero-order valence-electron chi connectivity index (χ0n) is 13.4. The van der Waals surface area contributed by atoms with E-state index in [1.165, 1.54) is 15.4 Å². The van der Waals surface area contributed by atoms with Crippen LogP contribution in [0, 0.1) is 0 Å². The van der Waals surface area contributed by atoms with E-state index in [9.17, 15) is 8.42 Å². The lowest BCUT2D eigenvalue weighted by molar-refractivity contribution is 0.521. The minimum atomic E-state index is -3.39. The van der Waals surface area contributed by atoms with Crippen molar-refractivity contribution < 1.29 is 8.42 Å². The molecule has 23 heavy (non-hydrogen) atoms. The maximum Gasteiger partial charge on any atom is 0.242 e. The average molecular weight is 331 g/mol. The molecule has 1 aliphatic rings. The van der Waals surface area contributed by atoms with Gasteiger partial charge in [0.05, 0.1) is 4.90 Å². The molecule has 0 unspecified atom stereocenters. The summed E-state index contributed by atoms with van der Waals surface area (Å²) in [6, 6.07) is 9.50. The van der Waals surface area contributed by atoms with Crippen molar-refractivity contribution in [3.05, 3.63) is 53.9 Å². The number of benzene rings is 1. The van der Waals surface area contributed by atoms with Crippen LogP contribution >= 0.6 is 0 Å². The van der Waals surface area contributed by atoms with E-state index in [0.29, 0.717) is 4.90 Å². The molecule has 1 aliphatic heterocycles. The van der Waals surface area contributed by atoms with Gasteiger partial charge in [0.2, 0.25) is 10.0 Å². The number of sulfonamides is 1. The summed E-state index contributed by atoms with van der Waals surface area (Å²) >= 11 is 0. The van der Waals surface area contributed by atoms with Gasteiger partial charge in [0, 0.05) is 45.3 Å². The highest BCUT2D eigenvalue weighted by Gasteiger charge is 2.23. The molecule has 5 nitrogen and oxygen atoms in total. The third-order valence-electron chi connectivity index (χ3n) is 4.25. The third-order valence-corrected chi connectivity index (χ3v) is 6.06. The van der Waals surface area contributed by atoms with Gasteiger partial charge in [0.15, 0.2) is 0 Å². The predicted molar refractivity (Wildman–Crippen MR) is 91.2 cm³/mol. The summed E-state index contributed by atoms with van der Waals surface area (Å²) in [6.45, 7) is 1.81. The van der Waals surface area contributed by atoms with E-state index >= 15 is 0 Å². The van der Waals surface area contributed by atoms with Crippen molar-refractivity contribution >= 4 is 15.7 Å². The van der Waals surface area contributed by atoms with Gasteiger partial charge in [0.1, 0.15) is 0 Å². The smallest absolute Gasteiger partial charge is 0.242 e. The first-order valence-corrected chi connectivity index (χ1v) is 9.12. The summed E-state index contributed by atoms with van der Waals surface area (Å²) in [5.41, 5.74) is 3.50. The monoisotopic (exact) mass is 331 g/mol. The molecule has 2 heterocycles. The largest absolute Gasteiger partial charge is 0.371 e. The van der Waals surface area contributed by atoms with Gasteiger partial charge < -0.3 is 4.90 Å². The predicted octanol–water partition coefficient (Wildman–Crippen LogP) is 1.94. The number of anilines is 1. The van der Waals surface area contributed by atoms with Crippen LogP contribution in [0.15, 0.2) is 47.6 Å². The van der Waals surface area contributed by atoms with Gasteiger partial charge in [-0.25, -0.2) is 12.7 Å². The van der Waals surface area contributed by atoms with E-state index in [1.807, 2.05) is 24.3 Å². The second-order valence-corrected chi connectivity index (χ2v) is 8.07. The molecule has 0 amide bonds. The van der Waals surface area contributed by atoms with Crippen molar-refractivity contribution in [2.45, 2.75) is 17.7 Å². The lowest BCUT2D eigenvalue weighted by Gasteiger charge is -2.20. The first-order valence-electron chi connectivity index (χ1n) is 7.68. The standard InChI is InChI=1S/C17H21N3O2S/c1-19(2)23(21,22)16-4-3-15-8-12-20(17(15)13-16)11-7-14-5-9-18-10-6-14/h3-6,9-10,13H,7-8,11-12H2,1-2H3. The Morgan fingerprint density at radius 3 is 2.61 bits per heavy atom. The Morgan fingerprint density at radius 2 is 1.91 bits per heavy atom. The molecule has 0 saturated heterocycles. The first kappa shape index (κ1) is 16.0. The molecule has 6 heteroatoms. The van der Waals surface area contributed by atoms with Crippen LogP contribution in [-0.4, -0.2) is 44.9 Å². The molecular weight excluding hydrogens is 310 g/mol. The first-order chi connectivity index (χ1) is 11.0. The molecule has 3 rings (SSSR count). The summed E-state index contributed by atoms with van der Waals surface area (Å²) in [5.74, 6) is 0. The quantitative estimate of drug-likeness (QED) is 0.840. The fraction of sp³-hybridized carbons (Fsp3) is 0.353. The summed E-state index contributed by atoms with van der Waals surface area (Å²) < 4.78 is 25.9. The van der Waals surface area contributed by atoms with Crippen LogP contribution in [0.5, 0.6) is 0 Å². The van der Waals surface area contributed by atoms with E-state index in [4.69, 9.17) is 0 Å². The van der Waals surface area contributed by atoms with Gasteiger partial charge in [0.25, 0.3) is 0 Å². The van der Waals surface area contributed by atoms with Gasteiger partial charge >= 0.3 is 0 Å². The van der Waals surface area contributed by atoms with Gasteiger partial charge in [-0.15, -0.1) is 0 Å². The Labute approximate surface area is 137 Å². The maximum absolute atomic E-state index is 12.3. The number of rotatable bonds is 5. The van der Waals surface area contributed by atoms with Crippen LogP contribution in [0.2, 0.25) is 0 Å². The molecule has 0 bridgehead atoms. The van der Waals surface area contributed by atoms with E-state index < -0.39 is 10.0 Å². The maximum atomic E-state index is 12.3. The second kappa shape index (κ2) is 6.29. The summed E-state index contributed by atoms with van der Waals surface area (Å²) in [7, 11) is -0.272. The molecule has 0 spiro atoms. The van der Waals surface area contributed by atoms with Gasteiger partial charge in [-0.3, -0.25) is 4.98 Å². The van der Waals surface area contributed by atoms with Crippen LogP contribution < -0.4 is 4.90 Å². The lowest BCUT2D eigenvalue weighted by atomic mass is 10.1. The normalized spacial score (nSPS) is 14.3. The molecule has 122 valence electrons. The fourth-order valence-electron chi connectivity index (χ4n) is 2.84. The van der Waals surface area contributed by atoms with Crippen molar-refractivity contribution in [1.82, 2.24) is 9.29 Å². The van der Waals surface area contributed by atoms with Crippen molar-refractivity contribution in [2.24, 2.45) is 0 Å². The van der Waals surface area contributed by atoms with E-state index in [0.717, 1.165) is 31.6 Å². The number of hydrogen-bond donors (Lipinski definition) is 0. The summed E-state index contributed by atoms with van der Waals surface area (Å²) in [4.78, 5) is 6.66. The Hall–Kier alpha value is -1.92. The van der Waals surface area contributed by atoms with Gasteiger partial charge in [-0.1, -0.05) is 6.07 Å². The van der Waals surface area contributed by atoms with Gasteiger partial charge in [-0.2, -0.15) is 0 Å². The topological polar surface area (TPSA) is 53.5 Å². The molecule has 0 fully saturated rings. The zero-order valence-corrected chi connectivity index (χ0v) is 14.3. The molecule has 0 aliphatic carbocycles. The molecule has 1 aromatic heterocycles. The molecular formula is C17H21N3O2S. The Bertz CT molecular complexity index is 789. The van der Waals surface area contributed by atoms with Crippen molar-refractivity contribution in [2.75, 3.05) is 32.1 Å². The molecule has 0 radical (unpaired) electrons. The number of nitrogens with zero attached hydrogens (tertiary/aromatic N) is 3. The fourth-order valence-corrected chi connectivity index (χ4v) is 3.76. The van der Waals surface area contributed by atoms with Crippen LogP contribution in [0.3, 0.4) is 0 Å². The van der Waals surface area contributed by atoms with E-state index in [2.05, 4.69) is 9.88 Å². The molecule has 2 aromatic rings. The highest BCUT2D eigenvalue weighted by atomic mass is 32.2. The highest BCUT2D eigenvalue weighted by molar-refractivity contribution is 7.89. The van der Waals surface area contributed by atoms with Crippen molar-refractivity contribution in [3.8, 4) is 0 Å². The zero-order chi connectivity index (χ0) is 16.4.